The van der Waals surface area contributed by atoms with Gasteiger partial charge in [0.05, 0.1) is 11.4 Å². The second-order valence-electron chi connectivity index (χ2n) is 8.93. The summed E-state index contributed by atoms with van der Waals surface area (Å²) in [6, 6.07) is 25.1. The second kappa shape index (κ2) is 9.82. The van der Waals surface area contributed by atoms with E-state index >= 15 is 0 Å². The molecule has 0 N–H and O–H groups in total. The molecular weight excluding hydrogens is 577 g/mol. The van der Waals surface area contributed by atoms with Gasteiger partial charge in [-0.2, -0.15) is 0 Å². The minimum absolute atomic E-state index is 0.0770. The van der Waals surface area contributed by atoms with Crippen molar-refractivity contribution in [1.82, 2.24) is 4.57 Å². The molecule has 37 heavy (non-hydrogen) atoms. The Kier molecular flexibility index (Phi) is 6.55. The topological polar surface area (TPSA) is 62.6 Å². The van der Waals surface area contributed by atoms with Crippen LogP contribution >= 0.6 is 22.6 Å². The van der Waals surface area contributed by atoms with E-state index in [1.165, 1.54) is 0 Å². The van der Waals surface area contributed by atoms with E-state index in [1.54, 1.807) is 42.5 Å². The van der Waals surface area contributed by atoms with Crippen molar-refractivity contribution >= 4 is 57.9 Å². The SMILES string of the molecule is Cc1ccc(N2C(=O)/C(=C\c3cc(C)n(-c4ccc(I)cc4)c3C)C(=O)N(c3ccccc3)C2=O)cc1. The van der Waals surface area contributed by atoms with E-state index in [-0.39, 0.29) is 5.57 Å². The Morgan fingerprint density at radius 3 is 1.81 bits per heavy atom. The fourth-order valence-corrected chi connectivity index (χ4v) is 4.89. The van der Waals surface area contributed by atoms with E-state index in [1.807, 2.05) is 69.3 Å². The van der Waals surface area contributed by atoms with Crippen molar-refractivity contribution in [3.8, 4) is 5.69 Å². The van der Waals surface area contributed by atoms with Crippen LogP contribution in [0.2, 0.25) is 0 Å². The number of imide groups is 2. The van der Waals surface area contributed by atoms with Crippen molar-refractivity contribution in [3.05, 3.63) is 117 Å². The van der Waals surface area contributed by atoms with Crippen LogP contribution in [0.5, 0.6) is 0 Å². The summed E-state index contributed by atoms with van der Waals surface area (Å²) in [7, 11) is 0. The highest BCUT2D eigenvalue weighted by molar-refractivity contribution is 14.1. The van der Waals surface area contributed by atoms with Gasteiger partial charge >= 0.3 is 6.03 Å². The maximum atomic E-state index is 13.7. The fraction of sp³-hybridized carbons (Fsp3) is 0.100. The predicted octanol–water partition coefficient (Wildman–Crippen LogP) is 6.59. The monoisotopic (exact) mass is 601 g/mol. The number of urea groups is 1. The van der Waals surface area contributed by atoms with Crippen molar-refractivity contribution in [2.24, 2.45) is 0 Å². The van der Waals surface area contributed by atoms with Crippen LogP contribution in [-0.2, 0) is 9.59 Å². The molecule has 0 bridgehead atoms. The first-order valence-electron chi connectivity index (χ1n) is 11.8. The number of para-hydroxylation sites is 1. The molecule has 1 aromatic heterocycles. The number of rotatable bonds is 4. The van der Waals surface area contributed by atoms with Crippen molar-refractivity contribution < 1.29 is 14.4 Å². The summed E-state index contributed by atoms with van der Waals surface area (Å²) in [6.07, 6.45) is 1.60. The third-order valence-electron chi connectivity index (χ3n) is 6.41. The maximum Gasteiger partial charge on any atom is 0.343 e. The Hall–Kier alpha value is -3.98. The van der Waals surface area contributed by atoms with Crippen molar-refractivity contribution in [3.63, 3.8) is 0 Å². The molecule has 0 radical (unpaired) electrons. The van der Waals surface area contributed by atoms with Gasteiger partial charge in [-0.1, -0.05) is 35.9 Å². The number of nitrogens with zero attached hydrogens (tertiary/aromatic N) is 3. The van der Waals surface area contributed by atoms with Crippen LogP contribution in [-0.4, -0.2) is 22.4 Å². The number of aryl methyl sites for hydroxylation is 2. The third kappa shape index (κ3) is 4.51. The van der Waals surface area contributed by atoms with Gasteiger partial charge in [0.2, 0.25) is 0 Å². The molecule has 7 heteroatoms. The Bertz CT molecular complexity index is 1550. The quantitative estimate of drug-likeness (QED) is 0.151. The first kappa shape index (κ1) is 24.7. The standard InChI is InChI=1S/C30H24IN3O3/c1-19-9-13-26(14-10-19)34-29(36)27(28(35)33(30(34)37)24-7-5-4-6-8-24)18-22-17-20(2)32(21(22)3)25-15-11-23(31)12-16-25/h4-18H,1-3H3/b27-18-. The fourth-order valence-electron chi connectivity index (χ4n) is 4.53. The number of carbonyl (C=O) groups excluding carboxylic acids is 3. The van der Waals surface area contributed by atoms with Gasteiger partial charge in [-0.3, -0.25) is 9.59 Å². The minimum Gasteiger partial charge on any atom is -0.318 e. The normalized spacial score (nSPS) is 15.1. The molecule has 4 aromatic rings. The lowest BCUT2D eigenvalue weighted by Gasteiger charge is -2.34. The van der Waals surface area contributed by atoms with Crippen LogP contribution in [0.4, 0.5) is 16.2 Å². The highest BCUT2D eigenvalue weighted by Crippen LogP contribution is 2.31. The van der Waals surface area contributed by atoms with Crippen molar-refractivity contribution in [2.45, 2.75) is 20.8 Å². The zero-order valence-electron chi connectivity index (χ0n) is 20.6. The number of benzene rings is 3. The number of hydrogen-bond acceptors (Lipinski definition) is 3. The summed E-state index contributed by atoms with van der Waals surface area (Å²) in [5.74, 6) is -1.30. The molecule has 4 amide bonds. The minimum atomic E-state index is -0.702. The Morgan fingerprint density at radius 2 is 1.22 bits per heavy atom. The molecule has 1 saturated heterocycles. The molecule has 1 aliphatic heterocycles. The molecule has 6 nitrogen and oxygen atoms in total. The molecule has 2 heterocycles. The molecule has 3 aromatic carbocycles. The number of barbiturate groups is 1. The molecule has 184 valence electrons. The van der Waals surface area contributed by atoms with Gasteiger partial charge in [-0.15, -0.1) is 0 Å². The number of halogens is 1. The summed E-state index contributed by atoms with van der Waals surface area (Å²) in [6.45, 7) is 5.86. The molecule has 0 saturated carbocycles. The lowest BCUT2D eigenvalue weighted by molar-refractivity contribution is -0.121. The smallest absolute Gasteiger partial charge is 0.318 e. The van der Waals surface area contributed by atoms with E-state index in [2.05, 4.69) is 27.2 Å². The van der Waals surface area contributed by atoms with Gasteiger partial charge in [0.1, 0.15) is 5.57 Å². The number of anilines is 2. The average molecular weight is 601 g/mol. The van der Waals surface area contributed by atoms with E-state index in [9.17, 15) is 14.4 Å². The van der Waals surface area contributed by atoms with Crippen LogP contribution in [0, 0.1) is 24.3 Å². The highest BCUT2D eigenvalue weighted by atomic mass is 127. The first-order valence-corrected chi connectivity index (χ1v) is 12.9. The molecule has 0 unspecified atom stereocenters. The van der Waals surface area contributed by atoms with Crippen molar-refractivity contribution in [1.29, 1.82) is 0 Å². The molecule has 1 fully saturated rings. The van der Waals surface area contributed by atoms with Crippen LogP contribution in [0.1, 0.15) is 22.5 Å². The number of amides is 4. The van der Waals surface area contributed by atoms with Gasteiger partial charge in [0.15, 0.2) is 0 Å². The van der Waals surface area contributed by atoms with E-state index < -0.39 is 17.8 Å². The largest absolute Gasteiger partial charge is 0.343 e. The van der Waals surface area contributed by atoms with Gasteiger partial charge in [0.25, 0.3) is 11.8 Å². The summed E-state index contributed by atoms with van der Waals surface area (Å²) in [5, 5.41) is 0. The summed E-state index contributed by atoms with van der Waals surface area (Å²) in [5.41, 5.74) is 5.30. The summed E-state index contributed by atoms with van der Waals surface area (Å²) >= 11 is 2.27. The first-order chi connectivity index (χ1) is 17.8. The Labute approximate surface area is 229 Å². The molecule has 0 spiro atoms. The van der Waals surface area contributed by atoms with E-state index in [0.717, 1.165) is 41.6 Å². The Morgan fingerprint density at radius 1 is 0.676 bits per heavy atom. The lowest BCUT2D eigenvalue weighted by atomic mass is 10.0. The highest BCUT2D eigenvalue weighted by Gasteiger charge is 2.43. The van der Waals surface area contributed by atoms with Gasteiger partial charge in [0, 0.05) is 20.6 Å². The maximum absolute atomic E-state index is 13.7. The van der Waals surface area contributed by atoms with Crippen LogP contribution in [0.25, 0.3) is 11.8 Å². The van der Waals surface area contributed by atoms with Gasteiger partial charge in [-0.05, 0) is 110 Å². The predicted molar refractivity (Wildman–Crippen MR) is 154 cm³/mol. The lowest BCUT2D eigenvalue weighted by Crippen LogP contribution is -2.57. The van der Waals surface area contributed by atoms with E-state index in [0.29, 0.717) is 11.4 Å². The molecule has 1 aliphatic rings. The summed E-state index contributed by atoms with van der Waals surface area (Å²) < 4.78 is 3.21. The second-order valence-corrected chi connectivity index (χ2v) is 10.2. The number of carbonyl (C=O) groups is 3. The van der Waals surface area contributed by atoms with Crippen molar-refractivity contribution in [2.75, 3.05) is 9.80 Å². The zero-order valence-corrected chi connectivity index (χ0v) is 22.8. The molecule has 0 atom stereocenters. The summed E-state index contributed by atoms with van der Waals surface area (Å²) in [4.78, 5) is 43.1. The zero-order chi connectivity index (χ0) is 26.3. The number of hydrogen-bond donors (Lipinski definition) is 0. The van der Waals surface area contributed by atoms with Crippen LogP contribution in [0.15, 0.2) is 90.5 Å². The van der Waals surface area contributed by atoms with Gasteiger partial charge in [-0.25, -0.2) is 14.6 Å². The molecular formula is C30H24IN3O3. The molecule has 5 rings (SSSR count). The van der Waals surface area contributed by atoms with Gasteiger partial charge < -0.3 is 4.57 Å². The van der Waals surface area contributed by atoms with Crippen LogP contribution < -0.4 is 9.80 Å². The average Bonchev–Trinajstić information content (AvgIpc) is 3.16. The molecule has 0 aliphatic carbocycles. The third-order valence-corrected chi connectivity index (χ3v) is 7.13. The Balaban J connectivity index is 1.65. The number of aromatic nitrogens is 1. The van der Waals surface area contributed by atoms with Crippen LogP contribution in [0.3, 0.4) is 0 Å². The van der Waals surface area contributed by atoms with E-state index in [4.69, 9.17) is 0 Å².